The lowest BCUT2D eigenvalue weighted by Gasteiger charge is -2.29. The van der Waals surface area contributed by atoms with Gasteiger partial charge in [-0.3, -0.25) is 9.59 Å². The molecule has 0 aromatic heterocycles. The smallest absolute Gasteiger partial charge is 0.309 e. The zero-order chi connectivity index (χ0) is 21.4. The number of benzene rings is 2. The van der Waals surface area contributed by atoms with Gasteiger partial charge in [-0.1, -0.05) is 19.1 Å². The number of aldehydes is 1. The number of aryl methyl sites for hydroxylation is 1. The third-order valence-electron chi connectivity index (χ3n) is 6.28. The Hall–Kier alpha value is -2.89. The first-order chi connectivity index (χ1) is 14.4. The van der Waals surface area contributed by atoms with Gasteiger partial charge in [-0.25, -0.2) is 4.39 Å². The van der Waals surface area contributed by atoms with Crippen LogP contribution in [0, 0.1) is 17.7 Å². The lowest BCUT2D eigenvalue weighted by Crippen LogP contribution is -2.23. The topological polar surface area (TPSA) is 72.8 Å². The summed E-state index contributed by atoms with van der Waals surface area (Å²) in [6.07, 6.45) is 3.39. The van der Waals surface area contributed by atoms with Crippen molar-refractivity contribution in [2.45, 2.75) is 44.6 Å². The van der Waals surface area contributed by atoms with Gasteiger partial charge in [-0.2, -0.15) is 0 Å². The maximum absolute atomic E-state index is 14.5. The zero-order valence-electron chi connectivity index (χ0n) is 17.1. The van der Waals surface area contributed by atoms with Crippen molar-refractivity contribution in [3.05, 3.63) is 58.4 Å². The van der Waals surface area contributed by atoms with Crippen LogP contribution in [0.25, 0.3) is 0 Å². The van der Waals surface area contributed by atoms with E-state index in [2.05, 4.69) is 6.07 Å². The Labute approximate surface area is 174 Å². The molecule has 1 heterocycles. The number of phenols is 1. The van der Waals surface area contributed by atoms with Crippen LogP contribution in [0.3, 0.4) is 0 Å². The summed E-state index contributed by atoms with van der Waals surface area (Å²) in [5.41, 5.74) is 2.35. The van der Waals surface area contributed by atoms with Gasteiger partial charge >= 0.3 is 5.97 Å². The Morgan fingerprint density at radius 1 is 1.27 bits per heavy atom. The SMILES string of the molecule is COC(=O)[C@@H](C)[C@H](c1ccc2c(c1)OC(c1cc(C=O)c(O)cc1F)CC2)C1CC1. The largest absolute Gasteiger partial charge is 0.507 e. The van der Waals surface area contributed by atoms with Gasteiger partial charge in [0, 0.05) is 11.6 Å². The summed E-state index contributed by atoms with van der Waals surface area (Å²) in [6.45, 7) is 1.89. The van der Waals surface area contributed by atoms with Gasteiger partial charge in [0.25, 0.3) is 0 Å². The monoisotopic (exact) mass is 412 g/mol. The van der Waals surface area contributed by atoms with Crippen molar-refractivity contribution in [2.75, 3.05) is 7.11 Å². The minimum atomic E-state index is -0.599. The molecule has 3 atom stereocenters. The second kappa shape index (κ2) is 8.09. The summed E-state index contributed by atoms with van der Waals surface area (Å²) in [4.78, 5) is 23.3. The molecule has 4 rings (SSSR count). The Balaban J connectivity index is 1.64. The number of carbonyl (C=O) groups excluding carboxylic acids is 2. The van der Waals surface area contributed by atoms with Gasteiger partial charge in [0.1, 0.15) is 23.4 Å². The molecule has 1 aliphatic heterocycles. The number of aromatic hydroxyl groups is 1. The van der Waals surface area contributed by atoms with Crippen LogP contribution < -0.4 is 4.74 Å². The predicted molar refractivity (Wildman–Crippen MR) is 108 cm³/mol. The average Bonchev–Trinajstić information content (AvgIpc) is 3.58. The van der Waals surface area contributed by atoms with E-state index in [4.69, 9.17) is 9.47 Å². The van der Waals surface area contributed by atoms with Crippen LogP contribution in [0.2, 0.25) is 0 Å². The van der Waals surface area contributed by atoms with Crippen LogP contribution in [-0.2, 0) is 16.0 Å². The van der Waals surface area contributed by atoms with Gasteiger partial charge in [-0.05, 0) is 60.8 Å². The summed E-state index contributed by atoms with van der Waals surface area (Å²) in [5, 5.41) is 9.69. The molecule has 1 aliphatic carbocycles. The molecule has 2 aromatic carbocycles. The fourth-order valence-corrected chi connectivity index (χ4v) is 4.51. The lowest BCUT2D eigenvalue weighted by molar-refractivity contribution is -0.145. The Morgan fingerprint density at radius 3 is 2.70 bits per heavy atom. The van der Waals surface area contributed by atoms with Crippen molar-refractivity contribution in [1.29, 1.82) is 0 Å². The molecule has 0 radical (unpaired) electrons. The van der Waals surface area contributed by atoms with Crippen LogP contribution in [0.5, 0.6) is 11.5 Å². The minimum Gasteiger partial charge on any atom is -0.507 e. The normalized spacial score (nSPS) is 19.9. The van der Waals surface area contributed by atoms with E-state index in [9.17, 15) is 19.1 Å². The van der Waals surface area contributed by atoms with Crippen molar-refractivity contribution in [2.24, 2.45) is 11.8 Å². The highest BCUT2D eigenvalue weighted by Crippen LogP contribution is 2.48. The van der Waals surface area contributed by atoms with Crippen molar-refractivity contribution in [3.8, 4) is 11.5 Å². The molecule has 1 fully saturated rings. The van der Waals surface area contributed by atoms with Gasteiger partial charge in [0.05, 0.1) is 18.6 Å². The summed E-state index contributed by atoms with van der Waals surface area (Å²) < 4.78 is 25.6. The molecule has 158 valence electrons. The van der Waals surface area contributed by atoms with Crippen LogP contribution in [0.15, 0.2) is 30.3 Å². The number of halogens is 1. The zero-order valence-corrected chi connectivity index (χ0v) is 17.1. The molecule has 1 unspecified atom stereocenters. The summed E-state index contributed by atoms with van der Waals surface area (Å²) in [7, 11) is 1.41. The van der Waals surface area contributed by atoms with Crippen LogP contribution in [0.1, 0.15) is 65.3 Å². The second-order valence-electron chi connectivity index (χ2n) is 8.24. The molecule has 1 saturated carbocycles. The van der Waals surface area contributed by atoms with E-state index in [1.54, 1.807) is 0 Å². The Morgan fingerprint density at radius 2 is 2.03 bits per heavy atom. The van der Waals surface area contributed by atoms with E-state index in [1.165, 1.54) is 13.2 Å². The number of phenolic OH excluding ortho intramolecular Hbond substituents is 1. The number of ether oxygens (including phenoxy) is 2. The number of fused-ring (bicyclic) bond motifs is 1. The minimum absolute atomic E-state index is 0.0373. The van der Waals surface area contributed by atoms with Gasteiger partial charge < -0.3 is 14.6 Å². The first-order valence-electron chi connectivity index (χ1n) is 10.3. The molecular formula is C24H25FO5. The van der Waals surface area contributed by atoms with Crippen molar-refractivity contribution >= 4 is 12.3 Å². The maximum atomic E-state index is 14.5. The number of methoxy groups -OCH3 is 1. The third-order valence-corrected chi connectivity index (χ3v) is 6.28. The van der Waals surface area contributed by atoms with Crippen molar-refractivity contribution in [3.63, 3.8) is 0 Å². The summed E-state index contributed by atoms with van der Waals surface area (Å²) in [6, 6.07) is 8.34. The molecule has 1 N–H and O–H groups in total. The van der Waals surface area contributed by atoms with E-state index in [0.29, 0.717) is 30.8 Å². The molecule has 30 heavy (non-hydrogen) atoms. The van der Waals surface area contributed by atoms with E-state index in [0.717, 1.165) is 30.0 Å². The molecular weight excluding hydrogens is 387 g/mol. The maximum Gasteiger partial charge on any atom is 0.309 e. The fraction of sp³-hybridized carbons (Fsp3) is 0.417. The van der Waals surface area contributed by atoms with Gasteiger partial charge in [0.2, 0.25) is 0 Å². The molecule has 0 saturated heterocycles. The van der Waals surface area contributed by atoms with Gasteiger partial charge in [0.15, 0.2) is 6.29 Å². The third kappa shape index (κ3) is 3.78. The standard InChI is InChI=1S/C24H25FO5/c1-13(24(28)29-2)23(15-4-5-15)16-6-3-14-7-8-21(30-22(14)10-16)18-9-17(12-26)20(27)11-19(18)25/h3,6,9-13,15,21,23,27H,4-5,7-8H2,1-2H3/t13-,21?,23-/m0/s1. The second-order valence-corrected chi connectivity index (χ2v) is 8.24. The quantitative estimate of drug-likeness (QED) is 0.549. The van der Waals surface area contributed by atoms with Crippen LogP contribution in [0.4, 0.5) is 4.39 Å². The number of hydrogen-bond acceptors (Lipinski definition) is 5. The number of esters is 1. The average molecular weight is 412 g/mol. The molecule has 2 aromatic rings. The van der Waals surface area contributed by atoms with E-state index in [1.807, 2.05) is 19.1 Å². The van der Waals surface area contributed by atoms with E-state index in [-0.39, 0.29) is 34.7 Å². The first kappa shape index (κ1) is 20.4. The molecule has 0 bridgehead atoms. The lowest BCUT2D eigenvalue weighted by atomic mass is 9.82. The molecule has 0 spiro atoms. The van der Waals surface area contributed by atoms with Gasteiger partial charge in [-0.15, -0.1) is 0 Å². The molecule has 0 amide bonds. The van der Waals surface area contributed by atoms with Crippen molar-refractivity contribution < 1.29 is 28.6 Å². The molecule has 2 aliphatic rings. The van der Waals surface area contributed by atoms with Crippen LogP contribution >= 0.6 is 0 Å². The van der Waals surface area contributed by atoms with E-state index >= 15 is 0 Å². The Kier molecular flexibility index (Phi) is 5.50. The number of rotatable bonds is 6. The van der Waals surface area contributed by atoms with Crippen molar-refractivity contribution in [1.82, 2.24) is 0 Å². The Bertz CT molecular complexity index is 982. The number of hydrogen-bond donors (Lipinski definition) is 1. The fourth-order valence-electron chi connectivity index (χ4n) is 4.51. The first-order valence-corrected chi connectivity index (χ1v) is 10.3. The highest BCUT2D eigenvalue weighted by atomic mass is 19.1. The van der Waals surface area contributed by atoms with Crippen LogP contribution in [-0.4, -0.2) is 24.5 Å². The highest BCUT2D eigenvalue weighted by Gasteiger charge is 2.39. The highest BCUT2D eigenvalue weighted by molar-refractivity contribution is 5.79. The number of carbonyl (C=O) groups is 2. The molecule has 6 heteroatoms. The summed E-state index contributed by atoms with van der Waals surface area (Å²) >= 11 is 0. The summed E-state index contributed by atoms with van der Waals surface area (Å²) in [5.74, 6) is -0.293. The predicted octanol–water partition coefficient (Wildman–Crippen LogP) is 4.71. The molecule has 5 nitrogen and oxygen atoms in total. The van der Waals surface area contributed by atoms with E-state index < -0.39 is 11.9 Å².